The molecule has 1 heterocycles. The van der Waals surface area contributed by atoms with Crippen LogP contribution in [0, 0.1) is 13.8 Å². The lowest BCUT2D eigenvalue weighted by Crippen LogP contribution is -2.32. The van der Waals surface area contributed by atoms with Crippen molar-refractivity contribution in [2.24, 2.45) is 0 Å². The lowest BCUT2D eigenvalue weighted by molar-refractivity contribution is 0.0600. The molecule has 0 saturated heterocycles. The Kier molecular flexibility index (Phi) is 6.11. The molecule has 0 aliphatic heterocycles. The number of aliphatic hydroxyl groups is 1. The second-order valence-electron chi connectivity index (χ2n) is 5.89. The first-order valence-corrected chi connectivity index (χ1v) is 7.93. The van der Waals surface area contributed by atoms with Crippen molar-refractivity contribution in [1.82, 2.24) is 10.3 Å². The molecule has 2 unspecified atom stereocenters. The van der Waals surface area contributed by atoms with E-state index in [1.54, 1.807) is 26.0 Å². The van der Waals surface area contributed by atoms with Crippen LogP contribution in [0.1, 0.15) is 46.3 Å². The SMILES string of the molecule is COC(=O)c1ccc(CC(C)NCC(O)c2nc(C)oc2C)cc1. The fourth-order valence-electron chi connectivity index (χ4n) is 2.58. The Hall–Kier alpha value is -2.18. The molecule has 2 aromatic rings. The number of aromatic nitrogens is 1. The van der Waals surface area contributed by atoms with Crippen LogP contribution in [0.2, 0.25) is 0 Å². The number of aryl methyl sites for hydroxylation is 2. The Balaban J connectivity index is 1.85. The summed E-state index contributed by atoms with van der Waals surface area (Å²) >= 11 is 0. The van der Waals surface area contributed by atoms with Crippen molar-refractivity contribution in [1.29, 1.82) is 0 Å². The van der Waals surface area contributed by atoms with Gasteiger partial charge in [0.15, 0.2) is 5.89 Å². The van der Waals surface area contributed by atoms with Crippen LogP contribution in [-0.2, 0) is 11.2 Å². The molecule has 6 nitrogen and oxygen atoms in total. The summed E-state index contributed by atoms with van der Waals surface area (Å²) in [6, 6.07) is 7.49. The Morgan fingerprint density at radius 3 is 2.54 bits per heavy atom. The first-order chi connectivity index (χ1) is 11.4. The molecule has 6 heteroatoms. The number of hydrogen-bond acceptors (Lipinski definition) is 6. The monoisotopic (exact) mass is 332 g/mol. The van der Waals surface area contributed by atoms with E-state index in [0.717, 1.165) is 12.0 Å². The van der Waals surface area contributed by atoms with Crippen molar-refractivity contribution in [2.75, 3.05) is 13.7 Å². The fourth-order valence-corrected chi connectivity index (χ4v) is 2.58. The number of benzene rings is 1. The summed E-state index contributed by atoms with van der Waals surface area (Å²) in [6.45, 7) is 6.00. The Bertz CT molecular complexity index is 679. The lowest BCUT2D eigenvalue weighted by atomic mass is 10.0. The molecule has 0 saturated carbocycles. The van der Waals surface area contributed by atoms with Crippen LogP contribution in [0.5, 0.6) is 0 Å². The van der Waals surface area contributed by atoms with Gasteiger partial charge in [-0.15, -0.1) is 0 Å². The second kappa shape index (κ2) is 8.08. The van der Waals surface area contributed by atoms with Gasteiger partial charge in [-0.1, -0.05) is 12.1 Å². The molecule has 0 aliphatic carbocycles. The van der Waals surface area contributed by atoms with Crippen molar-refractivity contribution in [3.05, 3.63) is 52.7 Å². The number of hydrogen-bond donors (Lipinski definition) is 2. The smallest absolute Gasteiger partial charge is 0.337 e. The van der Waals surface area contributed by atoms with E-state index in [2.05, 4.69) is 15.0 Å². The number of rotatable bonds is 7. The zero-order valence-electron chi connectivity index (χ0n) is 14.5. The number of carbonyl (C=O) groups is 1. The van der Waals surface area contributed by atoms with E-state index >= 15 is 0 Å². The summed E-state index contributed by atoms with van der Waals surface area (Å²) in [5.41, 5.74) is 2.22. The molecular formula is C18H24N2O4. The number of nitrogens with one attached hydrogen (secondary N) is 1. The van der Waals surface area contributed by atoms with Gasteiger partial charge in [-0.2, -0.15) is 0 Å². The first kappa shape index (κ1) is 18.2. The summed E-state index contributed by atoms with van der Waals surface area (Å²) in [6.07, 6.45) is 0.0805. The molecule has 2 N–H and O–H groups in total. The second-order valence-corrected chi connectivity index (χ2v) is 5.89. The van der Waals surface area contributed by atoms with Crippen LogP contribution in [0.15, 0.2) is 28.7 Å². The van der Waals surface area contributed by atoms with Gasteiger partial charge >= 0.3 is 5.97 Å². The minimum absolute atomic E-state index is 0.164. The molecular weight excluding hydrogens is 308 g/mol. The van der Waals surface area contributed by atoms with Gasteiger partial charge in [-0.05, 0) is 38.0 Å². The third-order valence-corrected chi connectivity index (χ3v) is 3.83. The number of oxazole rings is 1. The maximum absolute atomic E-state index is 11.4. The summed E-state index contributed by atoms with van der Waals surface area (Å²) in [5.74, 6) is 0.863. The minimum atomic E-state index is -0.702. The quantitative estimate of drug-likeness (QED) is 0.757. The topological polar surface area (TPSA) is 84.6 Å². The van der Waals surface area contributed by atoms with Gasteiger partial charge in [-0.3, -0.25) is 0 Å². The third kappa shape index (κ3) is 4.66. The molecule has 2 atom stereocenters. The molecule has 1 aromatic carbocycles. The van der Waals surface area contributed by atoms with Crippen LogP contribution < -0.4 is 5.32 Å². The normalized spacial score (nSPS) is 13.5. The predicted molar refractivity (Wildman–Crippen MR) is 89.9 cm³/mol. The largest absolute Gasteiger partial charge is 0.465 e. The third-order valence-electron chi connectivity index (χ3n) is 3.83. The highest BCUT2D eigenvalue weighted by molar-refractivity contribution is 5.89. The van der Waals surface area contributed by atoms with E-state index in [-0.39, 0.29) is 12.0 Å². The van der Waals surface area contributed by atoms with Gasteiger partial charge in [0.2, 0.25) is 0 Å². The maximum atomic E-state index is 11.4. The predicted octanol–water partition coefficient (Wildman–Crippen LogP) is 2.33. The average Bonchev–Trinajstić information content (AvgIpc) is 2.91. The van der Waals surface area contributed by atoms with Crippen molar-refractivity contribution in [2.45, 2.75) is 39.3 Å². The molecule has 1 aromatic heterocycles. The summed E-state index contributed by atoms with van der Waals surface area (Å²) in [4.78, 5) is 15.6. The molecule has 0 spiro atoms. The highest BCUT2D eigenvalue weighted by atomic mass is 16.5. The van der Waals surface area contributed by atoms with Crippen molar-refractivity contribution < 1.29 is 19.1 Å². The number of ether oxygens (including phenoxy) is 1. The van der Waals surface area contributed by atoms with Gasteiger partial charge in [-0.25, -0.2) is 9.78 Å². The van der Waals surface area contributed by atoms with Gasteiger partial charge in [0.1, 0.15) is 17.6 Å². The Morgan fingerprint density at radius 1 is 1.33 bits per heavy atom. The van der Waals surface area contributed by atoms with E-state index in [9.17, 15) is 9.90 Å². The zero-order chi connectivity index (χ0) is 17.7. The number of esters is 1. The number of carbonyl (C=O) groups excluding carboxylic acids is 1. The van der Waals surface area contributed by atoms with E-state index in [4.69, 9.17) is 4.42 Å². The Labute approximate surface area is 141 Å². The molecule has 130 valence electrons. The van der Waals surface area contributed by atoms with E-state index < -0.39 is 6.10 Å². The van der Waals surface area contributed by atoms with Gasteiger partial charge in [0.25, 0.3) is 0 Å². The lowest BCUT2D eigenvalue weighted by Gasteiger charge is -2.16. The van der Waals surface area contributed by atoms with E-state index in [0.29, 0.717) is 29.5 Å². The molecule has 0 fully saturated rings. The zero-order valence-corrected chi connectivity index (χ0v) is 14.5. The minimum Gasteiger partial charge on any atom is -0.465 e. The van der Waals surface area contributed by atoms with Crippen molar-refractivity contribution in [3.8, 4) is 0 Å². The fraction of sp³-hybridized carbons (Fsp3) is 0.444. The highest BCUT2D eigenvalue weighted by Gasteiger charge is 2.17. The standard InChI is InChI=1S/C18H24N2O4/c1-11(9-14-5-7-15(8-6-14)18(22)23-4)19-10-16(21)17-12(2)24-13(3)20-17/h5-8,11,16,19,21H,9-10H2,1-4H3. The molecule has 0 bridgehead atoms. The van der Waals surface area contributed by atoms with Crippen LogP contribution in [0.3, 0.4) is 0 Å². The van der Waals surface area contributed by atoms with Crippen LogP contribution >= 0.6 is 0 Å². The van der Waals surface area contributed by atoms with Crippen molar-refractivity contribution >= 4 is 5.97 Å². The van der Waals surface area contributed by atoms with Crippen LogP contribution in [0.25, 0.3) is 0 Å². The molecule has 2 rings (SSSR count). The van der Waals surface area contributed by atoms with Gasteiger partial charge in [0, 0.05) is 19.5 Å². The number of methoxy groups -OCH3 is 1. The van der Waals surface area contributed by atoms with Crippen LogP contribution in [0.4, 0.5) is 0 Å². The highest BCUT2D eigenvalue weighted by Crippen LogP contribution is 2.17. The van der Waals surface area contributed by atoms with E-state index in [1.165, 1.54) is 7.11 Å². The average molecular weight is 332 g/mol. The molecule has 0 aliphatic rings. The van der Waals surface area contributed by atoms with Crippen LogP contribution in [-0.4, -0.2) is 35.8 Å². The van der Waals surface area contributed by atoms with Gasteiger partial charge in [0.05, 0.1) is 12.7 Å². The summed E-state index contributed by atoms with van der Waals surface area (Å²) in [7, 11) is 1.37. The molecule has 0 amide bonds. The Morgan fingerprint density at radius 2 is 2.00 bits per heavy atom. The first-order valence-electron chi connectivity index (χ1n) is 7.93. The summed E-state index contributed by atoms with van der Waals surface area (Å²) < 4.78 is 10.0. The number of nitrogens with zero attached hydrogens (tertiary/aromatic N) is 1. The summed E-state index contributed by atoms with van der Waals surface area (Å²) in [5, 5.41) is 13.5. The maximum Gasteiger partial charge on any atom is 0.337 e. The van der Waals surface area contributed by atoms with Gasteiger partial charge < -0.3 is 19.6 Å². The molecule has 0 radical (unpaired) electrons. The number of aliphatic hydroxyl groups excluding tert-OH is 1. The molecule has 24 heavy (non-hydrogen) atoms. The van der Waals surface area contributed by atoms with E-state index in [1.807, 2.05) is 19.1 Å². The van der Waals surface area contributed by atoms with Crippen molar-refractivity contribution in [3.63, 3.8) is 0 Å².